The number of nitrogens with zero attached hydrogens (tertiary/aromatic N) is 6. The number of piperazine rings is 1. The zero-order chi connectivity index (χ0) is 24.5. The first kappa shape index (κ1) is 24.3. The van der Waals surface area contributed by atoms with E-state index in [9.17, 15) is 9.59 Å². The van der Waals surface area contributed by atoms with Gasteiger partial charge in [0.05, 0.1) is 10.7 Å². The number of carbonyl (C=O) groups is 2. The summed E-state index contributed by atoms with van der Waals surface area (Å²) in [5.41, 5.74) is 2.32. The molecule has 0 saturated carbocycles. The molecule has 0 radical (unpaired) electrons. The van der Waals surface area contributed by atoms with Gasteiger partial charge in [-0.25, -0.2) is 4.79 Å². The number of fused-ring (bicyclic) bond motifs is 1. The van der Waals surface area contributed by atoms with Crippen molar-refractivity contribution in [1.82, 2.24) is 24.5 Å². The molecule has 9 nitrogen and oxygen atoms in total. The van der Waals surface area contributed by atoms with Gasteiger partial charge in [0.15, 0.2) is 5.82 Å². The van der Waals surface area contributed by atoms with Gasteiger partial charge in [-0.05, 0) is 17.7 Å². The smallest absolute Gasteiger partial charge is 0.344 e. The number of rotatable bonds is 5. The predicted molar refractivity (Wildman–Crippen MR) is 140 cm³/mol. The standard InChI is InChI=1S/C24H32ClN7O2S/c1-17(33)30-13-19-15-31(16-20(19)14-30)22-11-18(3-4-21(22)25)12-28-7-9-29(10-8-28)24(34)32-6-5-23(26-32)27-35-2/h3-6,11,19-20H,7-10,12-16H2,1-2H3,(H,26,27). The molecule has 3 saturated heterocycles. The van der Waals surface area contributed by atoms with Crippen molar-refractivity contribution in [1.29, 1.82) is 0 Å². The molecule has 4 heterocycles. The van der Waals surface area contributed by atoms with Crippen LogP contribution in [0.15, 0.2) is 30.5 Å². The molecule has 1 aromatic heterocycles. The van der Waals surface area contributed by atoms with Crippen LogP contribution in [0.3, 0.4) is 0 Å². The molecule has 0 spiro atoms. The van der Waals surface area contributed by atoms with Crippen LogP contribution in [0.25, 0.3) is 0 Å². The molecule has 11 heteroatoms. The van der Waals surface area contributed by atoms with Gasteiger partial charge in [0, 0.05) is 96.2 Å². The van der Waals surface area contributed by atoms with E-state index in [2.05, 4.69) is 31.8 Å². The van der Waals surface area contributed by atoms with E-state index in [1.807, 2.05) is 22.1 Å². The number of amides is 2. The maximum absolute atomic E-state index is 12.8. The van der Waals surface area contributed by atoms with Gasteiger partial charge in [0.2, 0.25) is 5.91 Å². The lowest BCUT2D eigenvalue weighted by Gasteiger charge is -2.34. The van der Waals surface area contributed by atoms with Crippen LogP contribution in [0.4, 0.5) is 16.3 Å². The normalized spacial score (nSPS) is 22.5. The van der Waals surface area contributed by atoms with Crippen molar-refractivity contribution in [3.05, 3.63) is 41.0 Å². The predicted octanol–water partition coefficient (Wildman–Crippen LogP) is 2.93. The van der Waals surface area contributed by atoms with E-state index in [1.165, 1.54) is 22.2 Å². The Morgan fingerprint density at radius 3 is 2.43 bits per heavy atom. The number of aromatic nitrogens is 2. The number of benzene rings is 1. The number of anilines is 2. The molecule has 2 atom stereocenters. The van der Waals surface area contributed by atoms with E-state index in [1.54, 1.807) is 19.2 Å². The van der Waals surface area contributed by atoms with E-state index < -0.39 is 0 Å². The summed E-state index contributed by atoms with van der Waals surface area (Å²) < 4.78 is 4.45. The second kappa shape index (κ2) is 10.3. The van der Waals surface area contributed by atoms with Crippen LogP contribution in [0.1, 0.15) is 12.5 Å². The number of halogens is 1. The van der Waals surface area contributed by atoms with Gasteiger partial charge in [-0.2, -0.15) is 4.68 Å². The molecule has 2 unspecified atom stereocenters. The summed E-state index contributed by atoms with van der Waals surface area (Å²) >= 11 is 8.06. The first-order valence-electron chi connectivity index (χ1n) is 12.1. The Labute approximate surface area is 215 Å². The molecule has 3 aliphatic heterocycles. The average molecular weight is 518 g/mol. The molecule has 0 aliphatic carbocycles. The Hall–Kier alpha value is -2.43. The van der Waals surface area contributed by atoms with Gasteiger partial charge in [0.25, 0.3) is 0 Å². The van der Waals surface area contributed by atoms with Gasteiger partial charge in [-0.1, -0.05) is 29.6 Å². The number of hydrogen-bond acceptors (Lipinski definition) is 7. The summed E-state index contributed by atoms with van der Waals surface area (Å²) in [6.07, 6.45) is 3.62. The quantitative estimate of drug-likeness (QED) is 0.611. The van der Waals surface area contributed by atoms with Crippen molar-refractivity contribution in [2.75, 3.05) is 68.2 Å². The Bertz CT molecular complexity index is 1070. The molecule has 3 aliphatic rings. The fourth-order valence-corrected chi connectivity index (χ4v) is 5.99. The van der Waals surface area contributed by atoms with Crippen molar-refractivity contribution in [3.63, 3.8) is 0 Å². The lowest BCUT2D eigenvalue weighted by molar-refractivity contribution is -0.128. The van der Waals surface area contributed by atoms with Crippen LogP contribution in [-0.2, 0) is 11.3 Å². The fraction of sp³-hybridized carbons (Fsp3) is 0.542. The van der Waals surface area contributed by atoms with Crippen molar-refractivity contribution in [3.8, 4) is 0 Å². The topological polar surface area (TPSA) is 77.0 Å². The maximum atomic E-state index is 12.8. The maximum Gasteiger partial charge on any atom is 0.344 e. The molecule has 0 bridgehead atoms. The Morgan fingerprint density at radius 2 is 1.77 bits per heavy atom. The van der Waals surface area contributed by atoms with Gasteiger partial charge in [0.1, 0.15) is 0 Å². The summed E-state index contributed by atoms with van der Waals surface area (Å²) in [4.78, 5) is 33.1. The SMILES string of the molecule is CSNc1ccn(C(=O)N2CCN(Cc3ccc(Cl)c(N4CC5CN(C(C)=O)CC5C4)c3)CC2)n1. The third-order valence-corrected chi connectivity index (χ3v) is 8.06. The van der Waals surface area contributed by atoms with Gasteiger partial charge >= 0.3 is 6.03 Å². The van der Waals surface area contributed by atoms with Crippen LogP contribution >= 0.6 is 23.5 Å². The highest BCUT2D eigenvalue weighted by Gasteiger charge is 2.41. The van der Waals surface area contributed by atoms with Crippen molar-refractivity contribution < 1.29 is 9.59 Å². The zero-order valence-electron chi connectivity index (χ0n) is 20.2. The minimum atomic E-state index is -0.0875. The highest BCUT2D eigenvalue weighted by molar-refractivity contribution is 7.99. The molecule has 2 amide bonds. The summed E-state index contributed by atoms with van der Waals surface area (Å²) in [5, 5.41) is 5.07. The molecule has 1 aromatic carbocycles. The fourth-order valence-electron chi connectivity index (χ4n) is 5.44. The van der Waals surface area contributed by atoms with Crippen molar-refractivity contribution >= 4 is 47.0 Å². The van der Waals surface area contributed by atoms with E-state index in [-0.39, 0.29) is 11.9 Å². The minimum absolute atomic E-state index is 0.0875. The van der Waals surface area contributed by atoms with Crippen LogP contribution in [-0.4, -0.2) is 95.0 Å². The van der Waals surface area contributed by atoms with Crippen molar-refractivity contribution in [2.45, 2.75) is 13.5 Å². The minimum Gasteiger partial charge on any atom is -0.370 e. The molecule has 188 valence electrons. The molecule has 3 fully saturated rings. The van der Waals surface area contributed by atoms with Gasteiger partial charge in [-0.15, -0.1) is 5.10 Å². The van der Waals surface area contributed by atoms with Crippen molar-refractivity contribution in [2.24, 2.45) is 11.8 Å². The van der Waals surface area contributed by atoms with Gasteiger partial charge in [-0.3, -0.25) is 9.69 Å². The first-order valence-corrected chi connectivity index (χ1v) is 13.7. The largest absolute Gasteiger partial charge is 0.370 e. The van der Waals surface area contributed by atoms with E-state index >= 15 is 0 Å². The second-order valence-corrected chi connectivity index (χ2v) is 10.7. The molecule has 5 rings (SSSR count). The lowest BCUT2D eigenvalue weighted by atomic mass is 10.0. The molecular formula is C24H32ClN7O2S. The van der Waals surface area contributed by atoms with Crippen LogP contribution in [0, 0.1) is 11.8 Å². The Balaban J connectivity index is 1.16. The first-order chi connectivity index (χ1) is 16.9. The van der Waals surface area contributed by atoms with Crippen LogP contribution in [0.2, 0.25) is 5.02 Å². The molecule has 35 heavy (non-hydrogen) atoms. The summed E-state index contributed by atoms with van der Waals surface area (Å²) in [6.45, 7) is 9.06. The zero-order valence-corrected chi connectivity index (χ0v) is 21.8. The summed E-state index contributed by atoms with van der Waals surface area (Å²) in [6, 6.07) is 8.03. The van der Waals surface area contributed by atoms with E-state index in [0.29, 0.717) is 30.7 Å². The number of nitrogens with one attached hydrogen (secondary N) is 1. The molecular weight excluding hydrogens is 486 g/mol. The Morgan fingerprint density at radius 1 is 1.06 bits per heavy atom. The monoisotopic (exact) mass is 517 g/mol. The average Bonchev–Trinajstić information content (AvgIpc) is 3.56. The van der Waals surface area contributed by atoms with E-state index in [4.69, 9.17) is 11.6 Å². The number of hydrogen-bond donors (Lipinski definition) is 1. The number of likely N-dealkylation sites (tertiary alicyclic amines) is 1. The van der Waals surface area contributed by atoms with Crippen LogP contribution in [0.5, 0.6) is 0 Å². The summed E-state index contributed by atoms with van der Waals surface area (Å²) in [7, 11) is 0. The summed E-state index contributed by atoms with van der Waals surface area (Å²) in [5.74, 6) is 1.90. The number of carbonyl (C=O) groups excluding carboxylic acids is 2. The molecule has 2 aromatic rings. The van der Waals surface area contributed by atoms with Crippen LogP contribution < -0.4 is 9.62 Å². The highest BCUT2D eigenvalue weighted by Crippen LogP contribution is 2.37. The molecule has 1 N–H and O–H groups in total. The Kier molecular flexibility index (Phi) is 7.13. The highest BCUT2D eigenvalue weighted by atomic mass is 35.5. The second-order valence-electron chi connectivity index (χ2n) is 9.63. The van der Waals surface area contributed by atoms with Gasteiger partial charge < -0.3 is 19.4 Å². The third kappa shape index (κ3) is 5.24. The third-order valence-electron chi connectivity index (χ3n) is 7.32. The lowest BCUT2D eigenvalue weighted by Crippen LogP contribution is -2.49. The van der Waals surface area contributed by atoms with E-state index in [0.717, 1.165) is 56.5 Å².